The van der Waals surface area contributed by atoms with Crippen molar-refractivity contribution in [2.45, 2.75) is 31.7 Å². The number of hydrogen-bond acceptors (Lipinski definition) is 2. The Morgan fingerprint density at radius 3 is 3.06 bits per heavy atom. The number of nitrogens with zero attached hydrogens (tertiary/aromatic N) is 2. The van der Waals surface area contributed by atoms with E-state index in [1.807, 2.05) is 11.7 Å². The predicted molar refractivity (Wildman–Crippen MR) is 75.1 cm³/mol. The molecule has 2 aromatic rings. The maximum atomic E-state index is 6.03. The molecular weight excluding hydrogens is 222 g/mol. The normalized spacial score (nSPS) is 22.8. The summed E-state index contributed by atoms with van der Waals surface area (Å²) < 4.78 is 1.95. The largest absolute Gasteiger partial charge is 0.327 e. The Bertz CT molecular complexity index is 595. The lowest BCUT2D eigenvalue weighted by Crippen LogP contribution is -2.23. The van der Waals surface area contributed by atoms with Crippen LogP contribution in [0.15, 0.2) is 29.8 Å². The molecule has 1 atom stereocenters. The Kier molecular flexibility index (Phi) is 2.92. The predicted octanol–water partition coefficient (Wildman–Crippen LogP) is 2.86. The Labute approximate surface area is 107 Å². The van der Waals surface area contributed by atoms with Crippen LogP contribution in [-0.2, 0) is 7.05 Å². The first kappa shape index (κ1) is 11.5. The summed E-state index contributed by atoms with van der Waals surface area (Å²) in [4.78, 5) is 0. The Morgan fingerprint density at radius 1 is 1.39 bits per heavy atom. The average Bonchev–Trinajstić information content (AvgIpc) is 2.67. The second-order valence-corrected chi connectivity index (χ2v) is 5.19. The SMILES string of the molecule is Cn1nc(C=C2CCCC(N)C2)c2ccccc21. The number of para-hydroxylation sites is 1. The zero-order valence-corrected chi connectivity index (χ0v) is 10.8. The Morgan fingerprint density at radius 2 is 2.22 bits per heavy atom. The van der Waals surface area contributed by atoms with E-state index < -0.39 is 0 Å². The first-order chi connectivity index (χ1) is 8.74. The second-order valence-electron chi connectivity index (χ2n) is 5.19. The van der Waals surface area contributed by atoms with Crippen molar-refractivity contribution in [2.24, 2.45) is 12.8 Å². The van der Waals surface area contributed by atoms with Crippen LogP contribution in [0.3, 0.4) is 0 Å². The Hall–Kier alpha value is -1.61. The highest BCUT2D eigenvalue weighted by molar-refractivity contribution is 5.87. The molecule has 3 rings (SSSR count). The number of fused-ring (bicyclic) bond motifs is 1. The lowest BCUT2D eigenvalue weighted by Gasteiger charge is -2.20. The van der Waals surface area contributed by atoms with E-state index >= 15 is 0 Å². The van der Waals surface area contributed by atoms with Gasteiger partial charge in [-0.25, -0.2) is 0 Å². The molecule has 0 saturated heterocycles. The number of nitrogens with two attached hydrogens (primary N) is 1. The van der Waals surface area contributed by atoms with Crippen LogP contribution in [0.4, 0.5) is 0 Å². The van der Waals surface area contributed by atoms with Crippen LogP contribution in [-0.4, -0.2) is 15.8 Å². The van der Waals surface area contributed by atoms with Crippen LogP contribution < -0.4 is 5.73 Å². The minimum absolute atomic E-state index is 0.333. The number of benzene rings is 1. The number of aromatic nitrogens is 2. The minimum Gasteiger partial charge on any atom is -0.327 e. The van der Waals surface area contributed by atoms with E-state index in [2.05, 4.69) is 35.4 Å². The molecule has 1 fully saturated rings. The van der Waals surface area contributed by atoms with E-state index in [0.29, 0.717) is 6.04 Å². The van der Waals surface area contributed by atoms with Gasteiger partial charge in [0.2, 0.25) is 0 Å². The number of hydrogen-bond donors (Lipinski definition) is 1. The zero-order chi connectivity index (χ0) is 12.5. The molecule has 18 heavy (non-hydrogen) atoms. The third-order valence-electron chi connectivity index (χ3n) is 3.72. The highest BCUT2D eigenvalue weighted by Gasteiger charge is 2.14. The molecule has 0 amide bonds. The van der Waals surface area contributed by atoms with Crippen molar-refractivity contribution in [3.05, 3.63) is 35.5 Å². The van der Waals surface area contributed by atoms with Gasteiger partial charge in [0, 0.05) is 18.5 Å². The van der Waals surface area contributed by atoms with Crippen molar-refractivity contribution in [1.29, 1.82) is 0 Å². The van der Waals surface area contributed by atoms with Gasteiger partial charge in [-0.3, -0.25) is 4.68 Å². The van der Waals surface area contributed by atoms with Crippen molar-refractivity contribution in [3.63, 3.8) is 0 Å². The van der Waals surface area contributed by atoms with E-state index in [1.54, 1.807) is 0 Å². The molecule has 0 spiro atoms. The summed E-state index contributed by atoms with van der Waals surface area (Å²) in [7, 11) is 2.00. The van der Waals surface area contributed by atoms with Crippen molar-refractivity contribution < 1.29 is 0 Å². The van der Waals surface area contributed by atoms with Gasteiger partial charge in [-0.1, -0.05) is 23.8 Å². The fourth-order valence-electron chi connectivity index (χ4n) is 2.81. The van der Waals surface area contributed by atoms with E-state index in [-0.39, 0.29) is 0 Å². The molecule has 1 aliphatic carbocycles. The summed E-state index contributed by atoms with van der Waals surface area (Å²) in [6.45, 7) is 0. The second kappa shape index (κ2) is 4.58. The Balaban J connectivity index is 2.02. The molecule has 1 saturated carbocycles. The maximum absolute atomic E-state index is 6.03. The van der Waals surface area contributed by atoms with Crippen LogP contribution in [0, 0.1) is 0 Å². The molecule has 1 aromatic carbocycles. The summed E-state index contributed by atoms with van der Waals surface area (Å²) in [6, 6.07) is 8.70. The first-order valence-electron chi connectivity index (χ1n) is 6.61. The monoisotopic (exact) mass is 241 g/mol. The van der Waals surface area contributed by atoms with Gasteiger partial charge in [0.25, 0.3) is 0 Å². The van der Waals surface area contributed by atoms with Gasteiger partial charge in [0.05, 0.1) is 11.2 Å². The van der Waals surface area contributed by atoms with Crippen LogP contribution in [0.5, 0.6) is 0 Å². The van der Waals surface area contributed by atoms with Gasteiger partial charge in [-0.15, -0.1) is 0 Å². The first-order valence-corrected chi connectivity index (χ1v) is 6.61. The van der Waals surface area contributed by atoms with Crippen LogP contribution in [0.1, 0.15) is 31.4 Å². The summed E-state index contributed by atoms with van der Waals surface area (Å²) >= 11 is 0. The molecule has 1 aromatic heterocycles. The number of rotatable bonds is 1. The van der Waals surface area contributed by atoms with Crippen LogP contribution in [0.25, 0.3) is 17.0 Å². The molecule has 94 valence electrons. The fraction of sp³-hybridized carbons (Fsp3) is 0.400. The minimum atomic E-state index is 0.333. The van der Waals surface area contributed by atoms with Crippen molar-refractivity contribution in [2.75, 3.05) is 0 Å². The van der Waals surface area contributed by atoms with Gasteiger partial charge >= 0.3 is 0 Å². The standard InChI is InChI=1S/C15H19N3/c1-18-15-8-3-2-7-13(15)14(17-18)10-11-5-4-6-12(16)9-11/h2-3,7-8,10,12H,4-6,9,16H2,1H3. The molecule has 3 nitrogen and oxygen atoms in total. The molecule has 3 heteroatoms. The molecule has 0 radical (unpaired) electrons. The fourth-order valence-corrected chi connectivity index (χ4v) is 2.81. The van der Waals surface area contributed by atoms with Gasteiger partial charge in [-0.2, -0.15) is 5.10 Å². The molecular formula is C15H19N3. The highest BCUT2D eigenvalue weighted by atomic mass is 15.3. The summed E-state index contributed by atoms with van der Waals surface area (Å²) in [5, 5.41) is 5.84. The molecule has 2 N–H and O–H groups in total. The third kappa shape index (κ3) is 2.06. The summed E-state index contributed by atoms with van der Waals surface area (Å²) in [5.74, 6) is 0. The molecule has 1 aliphatic rings. The maximum Gasteiger partial charge on any atom is 0.0929 e. The lowest BCUT2D eigenvalue weighted by atomic mass is 9.90. The van der Waals surface area contributed by atoms with Gasteiger partial charge in [-0.05, 0) is 37.8 Å². The van der Waals surface area contributed by atoms with Crippen LogP contribution >= 0.6 is 0 Å². The van der Waals surface area contributed by atoms with Gasteiger partial charge < -0.3 is 5.73 Å². The molecule has 0 aliphatic heterocycles. The summed E-state index contributed by atoms with van der Waals surface area (Å²) in [6.07, 6.45) is 6.78. The third-order valence-corrected chi connectivity index (χ3v) is 3.72. The molecule has 0 bridgehead atoms. The average molecular weight is 241 g/mol. The van der Waals surface area contributed by atoms with Gasteiger partial charge in [0.15, 0.2) is 0 Å². The lowest BCUT2D eigenvalue weighted by molar-refractivity contribution is 0.520. The topological polar surface area (TPSA) is 43.8 Å². The number of aryl methyl sites for hydroxylation is 1. The van der Waals surface area contributed by atoms with E-state index in [9.17, 15) is 0 Å². The van der Waals surface area contributed by atoms with E-state index in [1.165, 1.54) is 29.3 Å². The van der Waals surface area contributed by atoms with Crippen LogP contribution in [0.2, 0.25) is 0 Å². The van der Waals surface area contributed by atoms with Crippen molar-refractivity contribution in [1.82, 2.24) is 9.78 Å². The van der Waals surface area contributed by atoms with Gasteiger partial charge in [0.1, 0.15) is 0 Å². The zero-order valence-electron chi connectivity index (χ0n) is 10.8. The van der Waals surface area contributed by atoms with Crippen molar-refractivity contribution >= 4 is 17.0 Å². The quantitative estimate of drug-likeness (QED) is 0.834. The molecule has 1 heterocycles. The summed E-state index contributed by atoms with van der Waals surface area (Å²) in [5.41, 5.74) is 9.74. The highest BCUT2D eigenvalue weighted by Crippen LogP contribution is 2.26. The van der Waals surface area contributed by atoms with Crippen molar-refractivity contribution in [3.8, 4) is 0 Å². The molecule has 1 unspecified atom stereocenters. The smallest absolute Gasteiger partial charge is 0.0929 e. The van der Waals surface area contributed by atoms with E-state index in [0.717, 1.165) is 18.5 Å². The van der Waals surface area contributed by atoms with E-state index in [4.69, 9.17) is 5.73 Å².